The zero-order valence-corrected chi connectivity index (χ0v) is 19.3. The van der Waals surface area contributed by atoms with Gasteiger partial charge in [-0.05, 0) is 43.5 Å². The molecule has 170 valence electrons. The van der Waals surface area contributed by atoms with E-state index in [-0.39, 0.29) is 5.43 Å². The number of aromatic nitrogens is 2. The van der Waals surface area contributed by atoms with Gasteiger partial charge in [0.1, 0.15) is 5.82 Å². The van der Waals surface area contributed by atoms with Crippen molar-refractivity contribution in [3.05, 3.63) is 88.0 Å². The van der Waals surface area contributed by atoms with E-state index in [0.29, 0.717) is 31.1 Å². The highest BCUT2D eigenvalue weighted by atomic mass is 16.5. The summed E-state index contributed by atoms with van der Waals surface area (Å²) in [4.78, 5) is 20.6. The van der Waals surface area contributed by atoms with Gasteiger partial charge in [-0.2, -0.15) is 0 Å². The van der Waals surface area contributed by atoms with Crippen molar-refractivity contribution >= 4 is 16.7 Å². The van der Waals surface area contributed by atoms with E-state index in [9.17, 15) is 4.79 Å². The predicted octanol–water partition coefficient (Wildman–Crippen LogP) is 4.42. The molecular formula is C27H30N4O2. The van der Waals surface area contributed by atoms with E-state index < -0.39 is 0 Å². The third-order valence-corrected chi connectivity index (χ3v) is 6.36. The Bertz CT molecular complexity index is 1270. The first-order valence-electron chi connectivity index (χ1n) is 11.7. The monoisotopic (exact) mass is 442 g/mol. The average molecular weight is 443 g/mol. The quantitative estimate of drug-likeness (QED) is 0.634. The first-order valence-corrected chi connectivity index (χ1v) is 11.7. The van der Waals surface area contributed by atoms with Crippen LogP contribution in [0.2, 0.25) is 0 Å². The molecule has 1 saturated heterocycles. The summed E-state index contributed by atoms with van der Waals surface area (Å²) in [5.74, 6) is 1.34. The van der Waals surface area contributed by atoms with E-state index in [2.05, 4.69) is 57.1 Å². The Morgan fingerprint density at radius 3 is 2.70 bits per heavy atom. The third-order valence-electron chi connectivity index (χ3n) is 6.36. The maximum absolute atomic E-state index is 13.8. The Morgan fingerprint density at radius 2 is 1.97 bits per heavy atom. The number of pyridine rings is 2. The molecule has 1 aliphatic heterocycles. The molecule has 0 amide bonds. The number of ether oxygens (including phenoxy) is 1. The lowest BCUT2D eigenvalue weighted by Crippen LogP contribution is -2.37. The number of para-hydroxylation sites is 1. The van der Waals surface area contributed by atoms with Crippen LogP contribution in [0.15, 0.2) is 71.3 Å². The predicted molar refractivity (Wildman–Crippen MR) is 133 cm³/mol. The van der Waals surface area contributed by atoms with E-state index in [4.69, 9.17) is 4.74 Å². The summed E-state index contributed by atoms with van der Waals surface area (Å²) in [6, 6.07) is 12.2. The minimum Gasteiger partial charge on any atom is -0.379 e. The molecule has 1 unspecified atom stereocenters. The lowest BCUT2D eigenvalue weighted by atomic mass is 10.0. The number of allylic oxidation sites excluding steroid dienone is 3. The van der Waals surface area contributed by atoms with Gasteiger partial charge in [-0.1, -0.05) is 37.3 Å². The summed E-state index contributed by atoms with van der Waals surface area (Å²) >= 11 is 0. The van der Waals surface area contributed by atoms with Gasteiger partial charge in [0.2, 0.25) is 0 Å². The topological polar surface area (TPSA) is 59.4 Å². The molecule has 1 aliphatic carbocycles. The highest BCUT2D eigenvalue weighted by Crippen LogP contribution is 2.29. The maximum atomic E-state index is 13.8. The summed E-state index contributed by atoms with van der Waals surface area (Å²) in [5, 5.41) is 4.28. The van der Waals surface area contributed by atoms with E-state index in [1.807, 2.05) is 31.2 Å². The number of rotatable bonds is 5. The second-order valence-corrected chi connectivity index (χ2v) is 8.92. The van der Waals surface area contributed by atoms with Gasteiger partial charge in [-0.3, -0.25) is 19.2 Å². The summed E-state index contributed by atoms with van der Waals surface area (Å²) in [6.07, 6.45) is 9.24. The largest absolute Gasteiger partial charge is 0.379 e. The number of hydrogen-bond donors (Lipinski definition) is 1. The first-order chi connectivity index (χ1) is 16.1. The zero-order valence-electron chi connectivity index (χ0n) is 19.3. The minimum atomic E-state index is 0.0347. The molecule has 3 aromatic rings. The van der Waals surface area contributed by atoms with Gasteiger partial charge in [0.05, 0.1) is 29.7 Å². The van der Waals surface area contributed by atoms with Gasteiger partial charge in [0.25, 0.3) is 0 Å². The molecule has 5 rings (SSSR count). The molecule has 6 nitrogen and oxygen atoms in total. The number of morpholine rings is 1. The summed E-state index contributed by atoms with van der Waals surface area (Å²) in [6.45, 7) is 7.74. The molecule has 33 heavy (non-hydrogen) atoms. The van der Waals surface area contributed by atoms with E-state index in [1.165, 1.54) is 0 Å². The van der Waals surface area contributed by atoms with Crippen molar-refractivity contribution < 1.29 is 4.74 Å². The molecule has 2 aromatic heterocycles. The summed E-state index contributed by atoms with van der Waals surface area (Å²) in [5.41, 5.74) is 4.56. The fourth-order valence-corrected chi connectivity index (χ4v) is 4.49. The normalized spacial score (nSPS) is 19.0. The van der Waals surface area contributed by atoms with E-state index in [0.717, 1.165) is 53.5 Å². The Morgan fingerprint density at radius 1 is 1.18 bits per heavy atom. The molecule has 0 radical (unpaired) electrons. The second-order valence-electron chi connectivity index (χ2n) is 8.92. The molecule has 3 heterocycles. The second kappa shape index (κ2) is 9.33. The fraction of sp³-hybridized carbons (Fsp3) is 0.333. The smallest absolute Gasteiger partial charge is 0.197 e. The molecule has 2 aliphatic rings. The lowest BCUT2D eigenvalue weighted by Gasteiger charge is -2.29. The number of anilines is 1. The SMILES string of the molecule is Cc1cc2c(cn1)c(=O)c(CN1CCOCC1)c(NC1=CCC(C)C=C1)n2-c1ccccc1. The van der Waals surface area contributed by atoms with Crippen LogP contribution in [0.4, 0.5) is 5.82 Å². The molecular weight excluding hydrogens is 412 g/mol. The molecule has 0 spiro atoms. The van der Waals surface area contributed by atoms with Crippen molar-refractivity contribution in [3.63, 3.8) is 0 Å². The van der Waals surface area contributed by atoms with Crippen LogP contribution in [0.25, 0.3) is 16.6 Å². The molecule has 6 heteroatoms. The van der Waals surface area contributed by atoms with Crippen LogP contribution in [0.3, 0.4) is 0 Å². The molecule has 0 saturated carbocycles. The van der Waals surface area contributed by atoms with Gasteiger partial charge in [-0.25, -0.2) is 0 Å². The van der Waals surface area contributed by atoms with Crippen molar-refractivity contribution in [1.29, 1.82) is 0 Å². The van der Waals surface area contributed by atoms with Gasteiger partial charge >= 0.3 is 0 Å². The average Bonchev–Trinajstić information content (AvgIpc) is 2.84. The standard InChI is InChI=1S/C27H30N4O2/c1-19-8-10-21(11-9-19)29-27-24(18-30-12-14-33-15-13-30)26(32)23-17-28-20(2)16-25(23)31(27)22-6-4-3-5-7-22/h3-8,10-11,16-17,19,29H,9,12-15,18H2,1-2H3. The molecule has 1 N–H and O–H groups in total. The Balaban J connectivity index is 1.75. The van der Waals surface area contributed by atoms with Crippen molar-refractivity contribution in [2.45, 2.75) is 26.8 Å². The van der Waals surface area contributed by atoms with Crippen LogP contribution in [-0.4, -0.2) is 40.8 Å². The Kier molecular flexibility index (Phi) is 6.11. The van der Waals surface area contributed by atoms with Gasteiger partial charge in [0, 0.05) is 42.9 Å². The maximum Gasteiger partial charge on any atom is 0.197 e. The molecule has 1 fully saturated rings. The van der Waals surface area contributed by atoms with Crippen LogP contribution in [0, 0.1) is 12.8 Å². The number of hydrogen-bond acceptors (Lipinski definition) is 5. The Hall–Kier alpha value is -3.22. The first kappa shape index (κ1) is 21.6. The van der Waals surface area contributed by atoms with Crippen LogP contribution < -0.4 is 10.7 Å². The molecule has 0 bridgehead atoms. The highest BCUT2D eigenvalue weighted by molar-refractivity contribution is 5.85. The molecule has 1 atom stereocenters. The summed E-state index contributed by atoms with van der Waals surface area (Å²) < 4.78 is 7.71. The lowest BCUT2D eigenvalue weighted by molar-refractivity contribution is 0.0341. The van der Waals surface area contributed by atoms with Crippen LogP contribution in [-0.2, 0) is 11.3 Å². The van der Waals surface area contributed by atoms with E-state index in [1.54, 1.807) is 6.20 Å². The van der Waals surface area contributed by atoms with Gasteiger partial charge < -0.3 is 10.1 Å². The summed E-state index contributed by atoms with van der Waals surface area (Å²) in [7, 11) is 0. The zero-order chi connectivity index (χ0) is 22.8. The number of benzene rings is 1. The van der Waals surface area contributed by atoms with Crippen molar-refractivity contribution in [1.82, 2.24) is 14.5 Å². The molecule has 1 aromatic carbocycles. The number of aryl methyl sites for hydroxylation is 1. The van der Waals surface area contributed by atoms with E-state index >= 15 is 0 Å². The number of fused-ring (bicyclic) bond motifs is 1. The third kappa shape index (κ3) is 4.49. The van der Waals surface area contributed by atoms with Crippen molar-refractivity contribution in [2.75, 3.05) is 31.6 Å². The van der Waals surface area contributed by atoms with Crippen LogP contribution in [0.1, 0.15) is 24.6 Å². The Labute approximate surface area is 194 Å². The minimum absolute atomic E-state index is 0.0347. The van der Waals surface area contributed by atoms with Crippen LogP contribution >= 0.6 is 0 Å². The van der Waals surface area contributed by atoms with Gasteiger partial charge in [0.15, 0.2) is 5.43 Å². The van der Waals surface area contributed by atoms with Crippen molar-refractivity contribution in [2.24, 2.45) is 5.92 Å². The fourth-order valence-electron chi connectivity index (χ4n) is 4.49. The van der Waals surface area contributed by atoms with Gasteiger partial charge in [-0.15, -0.1) is 0 Å². The van der Waals surface area contributed by atoms with Crippen molar-refractivity contribution in [3.8, 4) is 5.69 Å². The number of nitrogens with one attached hydrogen (secondary N) is 1. The highest BCUT2D eigenvalue weighted by Gasteiger charge is 2.22. The number of nitrogens with zero attached hydrogens (tertiary/aromatic N) is 3. The van der Waals surface area contributed by atoms with Crippen LogP contribution in [0.5, 0.6) is 0 Å².